The van der Waals surface area contributed by atoms with Gasteiger partial charge >= 0.3 is 0 Å². The molecule has 0 spiro atoms. The number of nitrogens with zero attached hydrogens (tertiary/aromatic N) is 4. The standard InChI is InChI=1S/C9H13N5O/c1-9(2,10)8-12-7(13-15-8)6-4-11-14(3)5-6/h4-5H,10H2,1-3H3. The lowest BCUT2D eigenvalue weighted by Crippen LogP contribution is -2.28. The highest BCUT2D eigenvalue weighted by Gasteiger charge is 2.22. The van der Waals surface area contributed by atoms with Crippen LogP contribution in [0.25, 0.3) is 11.4 Å². The van der Waals surface area contributed by atoms with Gasteiger partial charge in [-0.3, -0.25) is 4.68 Å². The zero-order valence-electron chi connectivity index (χ0n) is 8.93. The molecule has 0 amide bonds. The first-order valence-electron chi connectivity index (χ1n) is 4.59. The van der Waals surface area contributed by atoms with Crippen molar-refractivity contribution in [2.45, 2.75) is 19.4 Å². The normalized spacial score (nSPS) is 12.0. The molecule has 80 valence electrons. The molecule has 15 heavy (non-hydrogen) atoms. The van der Waals surface area contributed by atoms with Gasteiger partial charge in [0.05, 0.1) is 17.3 Å². The summed E-state index contributed by atoms with van der Waals surface area (Å²) in [4.78, 5) is 4.21. The molecule has 0 aliphatic heterocycles. The van der Waals surface area contributed by atoms with Crippen molar-refractivity contribution in [3.8, 4) is 11.4 Å². The van der Waals surface area contributed by atoms with Crippen LogP contribution in [0.1, 0.15) is 19.7 Å². The van der Waals surface area contributed by atoms with Gasteiger partial charge in [0.15, 0.2) is 0 Å². The summed E-state index contributed by atoms with van der Waals surface area (Å²) < 4.78 is 6.75. The molecule has 2 aromatic heterocycles. The van der Waals surface area contributed by atoms with E-state index in [0.717, 1.165) is 5.56 Å². The van der Waals surface area contributed by atoms with Gasteiger partial charge in [-0.1, -0.05) is 5.16 Å². The summed E-state index contributed by atoms with van der Waals surface area (Å²) in [7, 11) is 1.83. The molecular weight excluding hydrogens is 194 g/mol. The lowest BCUT2D eigenvalue weighted by molar-refractivity contribution is 0.312. The Balaban J connectivity index is 2.36. The maximum atomic E-state index is 5.84. The average Bonchev–Trinajstić information content (AvgIpc) is 2.69. The van der Waals surface area contributed by atoms with Crippen molar-refractivity contribution >= 4 is 0 Å². The van der Waals surface area contributed by atoms with Crippen LogP contribution in [0.3, 0.4) is 0 Å². The number of aryl methyl sites for hydroxylation is 1. The van der Waals surface area contributed by atoms with Crippen molar-refractivity contribution < 1.29 is 4.52 Å². The lowest BCUT2D eigenvalue weighted by atomic mass is 10.1. The van der Waals surface area contributed by atoms with Gasteiger partial charge in [0.2, 0.25) is 11.7 Å². The van der Waals surface area contributed by atoms with Crippen LogP contribution in [0, 0.1) is 0 Å². The Labute approximate surface area is 87.1 Å². The Morgan fingerprint density at radius 2 is 2.20 bits per heavy atom. The van der Waals surface area contributed by atoms with Crippen molar-refractivity contribution in [3.05, 3.63) is 18.3 Å². The fourth-order valence-electron chi connectivity index (χ4n) is 1.14. The maximum Gasteiger partial charge on any atom is 0.246 e. The summed E-state index contributed by atoms with van der Waals surface area (Å²) in [6.07, 6.45) is 3.50. The third-order valence-corrected chi connectivity index (χ3v) is 1.94. The summed E-state index contributed by atoms with van der Waals surface area (Å²) in [5.74, 6) is 0.929. The molecule has 0 aromatic carbocycles. The Bertz CT molecular complexity index is 465. The minimum Gasteiger partial charge on any atom is -0.337 e. The molecule has 0 atom stereocenters. The number of nitrogens with two attached hydrogens (primary N) is 1. The van der Waals surface area contributed by atoms with Gasteiger partial charge in [-0.15, -0.1) is 0 Å². The minimum atomic E-state index is -0.618. The van der Waals surface area contributed by atoms with E-state index in [1.165, 1.54) is 0 Å². The van der Waals surface area contributed by atoms with Crippen molar-refractivity contribution in [1.82, 2.24) is 19.9 Å². The molecule has 0 bridgehead atoms. The van der Waals surface area contributed by atoms with Gasteiger partial charge in [-0.2, -0.15) is 10.1 Å². The first-order chi connectivity index (χ1) is 6.97. The fourth-order valence-corrected chi connectivity index (χ4v) is 1.14. The SMILES string of the molecule is Cn1cc(-c2noc(C(C)(C)N)n2)cn1. The topological polar surface area (TPSA) is 82.8 Å². The van der Waals surface area contributed by atoms with Gasteiger partial charge < -0.3 is 10.3 Å². The summed E-state index contributed by atoms with van der Waals surface area (Å²) in [6.45, 7) is 3.63. The first kappa shape index (κ1) is 9.85. The number of hydrogen-bond acceptors (Lipinski definition) is 5. The van der Waals surface area contributed by atoms with Crippen LogP contribution in [0.4, 0.5) is 0 Å². The van der Waals surface area contributed by atoms with E-state index in [4.69, 9.17) is 10.3 Å². The maximum absolute atomic E-state index is 5.84. The molecule has 0 saturated carbocycles. The van der Waals surface area contributed by atoms with Crippen molar-refractivity contribution in [2.24, 2.45) is 12.8 Å². The van der Waals surface area contributed by atoms with Crippen LogP contribution in [-0.2, 0) is 12.6 Å². The van der Waals surface area contributed by atoms with E-state index in [1.54, 1.807) is 10.9 Å². The molecule has 0 unspecified atom stereocenters. The second-order valence-corrected chi connectivity index (χ2v) is 4.05. The first-order valence-corrected chi connectivity index (χ1v) is 4.59. The van der Waals surface area contributed by atoms with E-state index in [-0.39, 0.29) is 0 Å². The van der Waals surface area contributed by atoms with Gasteiger partial charge in [0, 0.05) is 13.2 Å². The van der Waals surface area contributed by atoms with Gasteiger partial charge in [0.1, 0.15) is 0 Å². The highest BCUT2D eigenvalue weighted by molar-refractivity contribution is 5.51. The quantitative estimate of drug-likeness (QED) is 0.782. The van der Waals surface area contributed by atoms with E-state index in [0.29, 0.717) is 11.7 Å². The molecule has 0 saturated heterocycles. The zero-order valence-corrected chi connectivity index (χ0v) is 8.93. The summed E-state index contributed by atoms with van der Waals surface area (Å²) in [5, 5.41) is 7.87. The highest BCUT2D eigenvalue weighted by atomic mass is 16.5. The molecule has 6 nitrogen and oxygen atoms in total. The Kier molecular flexibility index (Phi) is 2.08. The molecule has 2 rings (SSSR count). The molecule has 0 aliphatic rings. The van der Waals surface area contributed by atoms with E-state index < -0.39 is 5.54 Å². The number of aromatic nitrogens is 4. The highest BCUT2D eigenvalue weighted by Crippen LogP contribution is 2.19. The molecule has 0 aliphatic carbocycles. The molecule has 0 fully saturated rings. The van der Waals surface area contributed by atoms with Crippen molar-refractivity contribution in [1.29, 1.82) is 0 Å². The summed E-state index contributed by atoms with van der Waals surface area (Å²) in [5.41, 5.74) is 6.04. The number of rotatable bonds is 2. The molecule has 6 heteroatoms. The van der Waals surface area contributed by atoms with Gasteiger partial charge in [0.25, 0.3) is 0 Å². The average molecular weight is 207 g/mol. The second kappa shape index (κ2) is 3.16. The van der Waals surface area contributed by atoms with Crippen LogP contribution >= 0.6 is 0 Å². The Hall–Kier alpha value is -1.69. The monoisotopic (exact) mass is 207 g/mol. The molecule has 2 N–H and O–H groups in total. The Morgan fingerprint density at radius 3 is 2.67 bits per heavy atom. The predicted molar refractivity (Wildman–Crippen MR) is 53.7 cm³/mol. The van der Waals surface area contributed by atoms with Crippen LogP contribution in [0.15, 0.2) is 16.9 Å². The van der Waals surface area contributed by atoms with Crippen LogP contribution in [0.5, 0.6) is 0 Å². The largest absolute Gasteiger partial charge is 0.337 e. The van der Waals surface area contributed by atoms with E-state index in [1.807, 2.05) is 27.1 Å². The molecule has 2 heterocycles. The van der Waals surface area contributed by atoms with Crippen molar-refractivity contribution in [3.63, 3.8) is 0 Å². The van der Waals surface area contributed by atoms with Gasteiger partial charge in [-0.05, 0) is 13.8 Å². The fraction of sp³-hybridized carbons (Fsp3) is 0.444. The minimum absolute atomic E-state index is 0.418. The van der Waals surface area contributed by atoms with E-state index in [9.17, 15) is 0 Å². The lowest BCUT2D eigenvalue weighted by Gasteiger charge is -2.10. The molecule has 0 radical (unpaired) electrons. The second-order valence-electron chi connectivity index (χ2n) is 4.05. The smallest absolute Gasteiger partial charge is 0.246 e. The third kappa shape index (κ3) is 1.89. The van der Waals surface area contributed by atoms with Gasteiger partial charge in [-0.25, -0.2) is 0 Å². The van der Waals surface area contributed by atoms with Crippen molar-refractivity contribution in [2.75, 3.05) is 0 Å². The van der Waals surface area contributed by atoms with E-state index in [2.05, 4.69) is 15.2 Å². The van der Waals surface area contributed by atoms with Crippen LogP contribution in [-0.4, -0.2) is 19.9 Å². The Morgan fingerprint density at radius 1 is 1.47 bits per heavy atom. The zero-order chi connectivity index (χ0) is 11.1. The van der Waals surface area contributed by atoms with Crippen LogP contribution < -0.4 is 5.73 Å². The number of hydrogen-bond donors (Lipinski definition) is 1. The molecular formula is C9H13N5O. The predicted octanol–water partition coefficient (Wildman–Crippen LogP) is 0.664. The van der Waals surface area contributed by atoms with Crippen LogP contribution in [0.2, 0.25) is 0 Å². The molecule has 2 aromatic rings. The summed E-state index contributed by atoms with van der Waals surface area (Å²) in [6, 6.07) is 0. The third-order valence-electron chi connectivity index (χ3n) is 1.94. The van der Waals surface area contributed by atoms with E-state index >= 15 is 0 Å². The summed E-state index contributed by atoms with van der Waals surface area (Å²) >= 11 is 0.